The van der Waals surface area contributed by atoms with Crippen LogP contribution in [0, 0.1) is 0 Å². The summed E-state index contributed by atoms with van der Waals surface area (Å²) in [5.41, 5.74) is 1.83. The monoisotopic (exact) mass is 398 g/mol. The number of primary amides is 1. The van der Waals surface area contributed by atoms with Crippen LogP contribution in [0.15, 0.2) is 35.1 Å². The molecule has 1 aromatic heterocycles. The van der Waals surface area contributed by atoms with Crippen LogP contribution in [0.25, 0.3) is 11.1 Å². The van der Waals surface area contributed by atoms with Crippen molar-refractivity contribution in [3.63, 3.8) is 0 Å². The predicted molar refractivity (Wildman–Crippen MR) is 92.1 cm³/mol. The summed E-state index contributed by atoms with van der Waals surface area (Å²) in [7, 11) is 0. The average molecular weight is 398 g/mol. The summed E-state index contributed by atoms with van der Waals surface area (Å²) < 4.78 is 56.2. The highest BCUT2D eigenvalue weighted by molar-refractivity contribution is 5.93. The molecule has 0 radical (unpaired) electrons. The fourth-order valence-corrected chi connectivity index (χ4v) is 2.72. The number of rotatable bonds is 5. The minimum atomic E-state index is -4.82. The van der Waals surface area contributed by atoms with Crippen LogP contribution in [-0.4, -0.2) is 43.4 Å². The van der Waals surface area contributed by atoms with Gasteiger partial charge < -0.3 is 24.9 Å². The van der Waals surface area contributed by atoms with Crippen molar-refractivity contribution in [3.8, 4) is 16.9 Å². The van der Waals surface area contributed by atoms with Crippen molar-refractivity contribution in [1.29, 1.82) is 0 Å². The normalized spacial score (nSPS) is 17.3. The molecule has 2 heterocycles. The fraction of sp³-hybridized carbons (Fsp3) is 0.333. The molecule has 150 valence electrons. The van der Waals surface area contributed by atoms with Crippen LogP contribution >= 0.6 is 0 Å². The molecule has 0 aliphatic carbocycles. The number of hydrogen-bond donors (Lipinski definition) is 2. The van der Waals surface area contributed by atoms with Crippen LogP contribution in [0.4, 0.5) is 13.2 Å². The Morgan fingerprint density at radius 3 is 2.54 bits per heavy atom. The molecule has 28 heavy (non-hydrogen) atoms. The summed E-state index contributed by atoms with van der Waals surface area (Å²) in [6.07, 6.45) is -5.04. The molecular weight excluding hydrogens is 381 g/mol. The van der Waals surface area contributed by atoms with E-state index in [1.54, 1.807) is 4.98 Å². The number of aromatic nitrogens is 1. The lowest BCUT2D eigenvalue weighted by Crippen LogP contribution is -2.33. The molecule has 3 rings (SSSR count). The number of hydrogen-bond acceptors (Lipinski definition) is 5. The van der Waals surface area contributed by atoms with Gasteiger partial charge in [-0.3, -0.25) is 9.59 Å². The second-order valence-electron chi connectivity index (χ2n) is 6.07. The maximum atomic E-state index is 13.3. The number of benzene rings is 1. The van der Waals surface area contributed by atoms with Gasteiger partial charge in [0.05, 0.1) is 19.8 Å². The first-order valence-electron chi connectivity index (χ1n) is 8.32. The van der Waals surface area contributed by atoms with Crippen LogP contribution in [0.3, 0.4) is 0 Å². The van der Waals surface area contributed by atoms with E-state index >= 15 is 0 Å². The second-order valence-corrected chi connectivity index (χ2v) is 6.07. The summed E-state index contributed by atoms with van der Waals surface area (Å²) >= 11 is 0. The largest absolute Gasteiger partial charge is 0.491 e. The standard InChI is InChI=1S/C18H17F3N2O5/c19-18(20,21)15-13(7-14(16(22)24)17(25)23-15)10-1-3-11(4-2-10)28-9-12-8-26-5-6-27-12/h1-4,7,12H,5-6,8-9H2,(H2,22,24)(H,23,25). The van der Waals surface area contributed by atoms with Gasteiger partial charge in [0.25, 0.3) is 11.5 Å². The number of ether oxygens (including phenoxy) is 3. The van der Waals surface area contributed by atoms with E-state index in [1.165, 1.54) is 24.3 Å². The molecule has 1 unspecified atom stereocenters. The molecular formula is C18H17F3N2O5. The number of amides is 1. The van der Waals surface area contributed by atoms with Crippen LogP contribution in [0.1, 0.15) is 16.1 Å². The lowest BCUT2D eigenvalue weighted by atomic mass is 10.0. The molecule has 1 fully saturated rings. The van der Waals surface area contributed by atoms with E-state index in [0.717, 1.165) is 6.07 Å². The van der Waals surface area contributed by atoms with E-state index in [0.29, 0.717) is 25.6 Å². The van der Waals surface area contributed by atoms with E-state index in [-0.39, 0.29) is 23.8 Å². The van der Waals surface area contributed by atoms with E-state index in [9.17, 15) is 22.8 Å². The van der Waals surface area contributed by atoms with Gasteiger partial charge in [0, 0.05) is 5.56 Å². The third-order valence-electron chi connectivity index (χ3n) is 4.08. The first kappa shape index (κ1) is 19.9. The van der Waals surface area contributed by atoms with Gasteiger partial charge in [-0.2, -0.15) is 13.2 Å². The topological polar surface area (TPSA) is 104 Å². The smallest absolute Gasteiger partial charge is 0.431 e. The van der Waals surface area contributed by atoms with Crippen LogP contribution < -0.4 is 16.0 Å². The number of carbonyl (C=O) groups excluding carboxylic acids is 1. The van der Waals surface area contributed by atoms with E-state index < -0.39 is 28.9 Å². The molecule has 1 atom stereocenters. The predicted octanol–water partition coefficient (Wildman–Crippen LogP) is 1.95. The first-order chi connectivity index (χ1) is 13.3. The zero-order chi connectivity index (χ0) is 20.3. The van der Waals surface area contributed by atoms with Gasteiger partial charge in [0.2, 0.25) is 0 Å². The lowest BCUT2D eigenvalue weighted by molar-refractivity contribution is -0.140. The van der Waals surface area contributed by atoms with Gasteiger partial charge in [-0.05, 0) is 23.8 Å². The molecule has 0 saturated carbocycles. The number of alkyl halides is 3. The van der Waals surface area contributed by atoms with E-state index in [4.69, 9.17) is 19.9 Å². The number of carbonyl (C=O) groups is 1. The fourth-order valence-electron chi connectivity index (χ4n) is 2.72. The summed E-state index contributed by atoms with van der Waals surface area (Å²) in [4.78, 5) is 24.7. The number of H-pyrrole nitrogens is 1. The molecule has 2 aromatic rings. The molecule has 1 amide bonds. The summed E-state index contributed by atoms with van der Waals surface area (Å²) in [6.45, 7) is 1.64. The minimum Gasteiger partial charge on any atom is -0.491 e. The highest BCUT2D eigenvalue weighted by atomic mass is 19.4. The molecule has 0 spiro atoms. The molecule has 10 heteroatoms. The molecule has 0 bridgehead atoms. The summed E-state index contributed by atoms with van der Waals surface area (Å²) in [5.74, 6) is -0.697. The Hall–Kier alpha value is -2.85. The summed E-state index contributed by atoms with van der Waals surface area (Å²) in [6, 6.07) is 6.58. The first-order valence-corrected chi connectivity index (χ1v) is 8.32. The van der Waals surface area contributed by atoms with Gasteiger partial charge in [-0.15, -0.1) is 0 Å². The Bertz CT molecular complexity index is 903. The van der Waals surface area contributed by atoms with Crippen LogP contribution in [0.2, 0.25) is 0 Å². The molecule has 1 aliphatic rings. The highest BCUT2D eigenvalue weighted by Gasteiger charge is 2.36. The molecule has 1 aromatic carbocycles. The minimum absolute atomic E-state index is 0.135. The van der Waals surface area contributed by atoms with Crippen molar-refractivity contribution >= 4 is 5.91 Å². The third kappa shape index (κ3) is 4.52. The van der Waals surface area contributed by atoms with Crippen molar-refractivity contribution in [2.75, 3.05) is 26.4 Å². The zero-order valence-electron chi connectivity index (χ0n) is 14.5. The Morgan fingerprint density at radius 2 is 1.96 bits per heavy atom. The number of aromatic amines is 1. The third-order valence-corrected chi connectivity index (χ3v) is 4.08. The second kappa shape index (κ2) is 8.03. The van der Waals surface area contributed by atoms with Gasteiger partial charge in [0.15, 0.2) is 0 Å². The molecule has 1 aliphatic heterocycles. The quantitative estimate of drug-likeness (QED) is 0.801. The maximum Gasteiger partial charge on any atom is 0.431 e. The van der Waals surface area contributed by atoms with Gasteiger partial charge in [-0.1, -0.05) is 12.1 Å². The number of nitrogens with two attached hydrogens (primary N) is 1. The highest BCUT2D eigenvalue weighted by Crippen LogP contribution is 2.35. The number of nitrogens with one attached hydrogen (secondary N) is 1. The van der Waals surface area contributed by atoms with Crippen LogP contribution in [-0.2, 0) is 15.7 Å². The Labute approximate surface area is 157 Å². The van der Waals surface area contributed by atoms with Crippen molar-refractivity contribution < 1.29 is 32.2 Å². The van der Waals surface area contributed by atoms with Crippen molar-refractivity contribution in [2.45, 2.75) is 12.3 Å². The van der Waals surface area contributed by atoms with Crippen molar-refractivity contribution in [2.24, 2.45) is 5.73 Å². The molecule has 7 nitrogen and oxygen atoms in total. The Kier molecular flexibility index (Phi) is 5.71. The Balaban J connectivity index is 1.86. The van der Waals surface area contributed by atoms with E-state index in [2.05, 4.69) is 0 Å². The van der Waals surface area contributed by atoms with E-state index in [1.807, 2.05) is 0 Å². The van der Waals surface area contributed by atoms with Crippen molar-refractivity contribution in [3.05, 3.63) is 51.9 Å². The summed E-state index contributed by atoms with van der Waals surface area (Å²) in [5, 5.41) is 0. The molecule has 1 saturated heterocycles. The number of halogens is 3. The van der Waals surface area contributed by atoms with Crippen LogP contribution in [0.5, 0.6) is 5.75 Å². The molecule has 3 N–H and O–H groups in total. The van der Waals surface area contributed by atoms with Gasteiger partial charge in [-0.25, -0.2) is 0 Å². The average Bonchev–Trinajstić information content (AvgIpc) is 2.66. The SMILES string of the molecule is NC(=O)c1cc(-c2ccc(OCC3COCCO3)cc2)c(C(F)(F)F)[nH]c1=O. The maximum absolute atomic E-state index is 13.3. The Morgan fingerprint density at radius 1 is 1.25 bits per heavy atom. The zero-order valence-corrected chi connectivity index (χ0v) is 14.5. The lowest BCUT2D eigenvalue weighted by Gasteiger charge is -2.23. The van der Waals surface area contributed by atoms with Gasteiger partial charge in [0.1, 0.15) is 29.7 Å². The van der Waals surface area contributed by atoms with Gasteiger partial charge >= 0.3 is 6.18 Å². The number of pyridine rings is 1. The van der Waals surface area contributed by atoms with Crippen molar-refractivity contribution in [1.82, 2.24) is 4.98 Å².